The third kappa shape index (κ3) is 2.16. The lowest BCUT2D eigenvalue weighted by molar-refractivity contribution is 0.112. The van der Waals surface area contributed by atoms with Crippen LogP contribution in [0.4, 0.5) is 4.39 Å². The zero-order chi connectivity index (χ0) is 12.4. The first-order valence-electron chi connectivity index (χ1n) is 4.68. The topological polar surface area (TPSA) is 30.0 Å². The molecule has 0 aliphatic heterocycles. The molecule has 0 unspecified atom stereocenters. The van der Waals surface area contributed by atoms with Gasteiger partial charge in [-0.25, -0.2) is 4.39 Å². The van der Waals surface area contributed by atoms with Crippen molar-refractivity contribution in [3.63, 3.8) is 0 Å². The number of hydrogen-bond acceptors (Lipinski definition) is 2. The van der Waals surface area contributed by atoms with Crippen LogP contribution in [0.25, 0.3) is 11.1 Å². The van der Waals surface area contributed by atoms with Crippen LogP contribution in [0.3, 0.4) is 0 Å². The Morgan fingerprint density at radius 2 is 1.94 bits per heavy atom. The normalized spacial score (nSPS) is 10.3. The maximum atomic E-state index is 13.4. The SMILES string of the molecule is O=Cc1c(F)cncc1-c1cccc(Cl)c1Cl. The second-order valence-electron chi connectivity index (χ2n) is 3.30. The molecule has 0 aliphatic carbocycles. The molecule has 0 aliphatic rings. The summed E-state index contributed by atoms with van der Waals surface area (Å²) < 4.78 is 13.4. The van der Waals surface area contributed by atoms with Gasteiger partial charge in [-0.1, -0.05) is 35.3 Å². The van der Waals surface area contributed by atoms with E-state index in [1.54, 1.807) is 18.2 Å². The standard InChI is InChI=1S/C12H6Cl2FNO/c13-10-3-1-2-7(12(10)14)8-4-16-5-11(15)9(8)6-17/h1-6H. The van der Waals surface area contributed by atoms with Crippen molar-refractivity contribution in [1.82, 2.24) is 4.98 Å². The van der Waals surface area contributed by atoms with Crippen molar-refractivity contribution in [2.45, 2.75) is 0 Å². The van der Waals surface area contributed by atoms with Crippen molar-refractivity contribution in [1.29, 1.82) is 0 Å². The van der Waals surface area contributed by atoms with E-state index in [9.17, 15) is 9.18 Å². The molecule has 0 atom stereocenters. The minimum Gasteiger partial charge on any atom is -0.298 e. The highest BCUT2D eigenvalue weighted by Gasteiger charge is 2.14. The molecule has 2 nitrogen and oxygen atoms in total. The summed E-state index contributed by atoms with van der Waals surface area (Å²) in [7, 11) is 0. The third-order valence-electron chi connectivity index (χ3n) is 2.30. The summed E-state index contributed by atoms with van der Waals surface area (Å²) in [4.78, 5) is 14.6. The number of aldehydes is 1. The first-order valence-corrected chi connectivity index (χ1v) is 5.44. The van der Waals surface area contributed by atoms with E-state index in [1.807, 2.05) is 0 Å². The molecule has 0 radical (unpaired) electrons. The molecule has 0 amide bonds. The van der Waals surface area contributed by atoms with Crippen LogP contribution in [-0.4, -0.2) is 11.3 Å². The Hall–Kier alpha value is -1.45. The van der Waals surface area contributed by atoms with Crippen molar-refractivity contribution >= 4 is 29.5 Å². The molecule has 0 fully saturated rings. The summed E-state index contributed by atoms with van der Waals surface area (Å²) in [6.45, 7) is 0. The number of carbonyl (C=O) groups is 1. The second-order valence-corrected chi connectivity index (χ2v) is 4.09. The Morgan fingerprint density at radius 3 is 2.65 bits per heavy atom. The summed E-state index contributed by atoms with van der Waals surface area (Å²) in [5, 5.41) is 0.606. The van der Waals surface area contributed by atoms with Gasteiger partial charge in [0.1, 0.15) is 0 Å². The van der Waals surface area contributed by atoms with Crippen molar-refractivity contribution < 1.29 is 9.18 Å². The number of rotatable bonds is 2. The Labute approximate surface area is 107 Å². The van der Waals surface area contributed by atoms with E-state index in [1.165, 1.54) is 6.20 Å². The molecule has 0 bridgehead atoms. The van der Waals surface area contributed by atoms with Crippen molar-refractivity contribution in [2.24, 2.45) is 0 Å². The number of benzene rings is 1. The first kappa shape index (κ1) is 12.0. The zero-order valence-electron chi connectivity index (χ0n) is 8.45. The van der Waals surface area contributed by atoms with Gasteiger partial charge in [0.2, 0.25) is 0 Å². The number of nitrogens with zero attached hydrogens (tertiary/aromatic N) is 1. The maximum absolute atomic E-state index is 13.4. The Balaban J connectivity index is 2.73. The zero-order valence-corrected chi connectivity index (χ0v) is 9.97. The average Bonchev–Trinajstić information content (AvgIpc) is 2.32. The van der Waals surface area contributed by atoms with Crippen LogP contribution in [0.5, 0.6) is 0 Å². The Kier molecular flexibility index (Phi) is 3.41. The summed E-state index contributed by atoms with van der Waals surface area (Å²) in [5.41, 5.74) is 0.727. The van der Waals surface area contributed by atoms with Crippen LogP contribution in [0.2, 0.25) is 10.0 Å². The van der Waals surface area contributed by atoms with Crippen molar-refractivity contribution in [2.75, 3.05) is 0 Å². The van der Waals surface area contributed by atoms with Crippen molar-refractivity contribution in [3.05, 3.63) is 52.0 Å². The average molecular weight is 270 g/mol. The summed E-state index contributed by atoms with van der Waals surface area (Å²) in [6, 6.07) is 4.93. The number of carbonyl (C=O) groups excluding carboxylic acids is 1. The molecule has 1 aromatic carbocycles. The van der Waals surface area contributed by atoms with Gasteiger partial charge in [-0.3, -0.25) is 9.78 Å². The number of hydrogen-bond donors (Lipinski definition) is 0. The molecule has 17 heavy (non-hydrogen) atoms. The van der Waals surface area contributed by atoms with Gasteiger partial charge in [0, 0.05) is 17.3 Å². The summed E-state index contributed by atoms with van der Waals surface area (Å²) in [6.07, 6.45) is 2.79. The fourth-order valence-electron chi connectivity index (χ4n) is 1.49. The van der Waals surface area contributed by atoms with E-state index < -0.39 is 5.82 Å². The summed E-state index contributed by atoms with van der Waals surface area (Å²) in [5.74, 6) is -0.687. The fraction of sp³-hybridized carbons (Fsp3) is 0. The predicted molar refractivity (Wildman–Crippen MR) is 65.0 cm³/mol. The van der Waals surface area contributed by atoms with Gasteiger partial charge in [-0.15, -0.1) is 0 Å². The van der Waals surface area contributed by atoms with Crippen molar-refractivity contribution in [3.8, 4) is 11.1 Å². The minimum absolute atomic E-state index is 0.0795. The van der Waals surface area contributed by atoms with Crippen LogP contribution in [-0.2, 0) is 0 Å². The van der Waals surface area contributed by atoms with Gasteiger partial charge in [0.15, 0.2) is 12.1 Å². The van der Waals surface area contributed by atoms with Crippen LogP contribution >= 0.6 is 23.2 Å². The molecule has 86 valence electrons. The van der Waals surface area contributed by atoms with Crippen LogP contribution in [0, 0.1) is 5.82 Å². The van der Waals surface area contributed by atoms with E-state index in [4.69, 9.17) is 23.2 Å². The maximum Gasteiger partial charge on any atom is 0.153 e. The number of pyridine rings is 1. The molecular formula is C12H6Cl2FNO. The van der Waals surface area contributed by atoms with Gasteiger partial charge < -0.3 is 0 Å². The molecular weight excluding hydrogens is 264 g/mol. The number of halogens is 3. The number of aromatic nitrogens is 1. The molecule has 0 saturated heterocycles. The Bertz CT molecular complexity index is 587. The second kappa shape index (κ2) is 4.82. The quantitative estimate of drug-likeness (QED) is 0.772. The molecule has 5 heteroatoms. The van der Waals surface area contributed by atoms with E-state index in [2.05, 4.69) is 4.98 Å². The Morgan fingerprint density at radius 1 is 1.18 bits per heavy atom. The largest absolute Gasteiger partial charge is 0.298 e. The van der Waals surface area contributed by atoms with Gasteiger partial charge in [0.05, 0.1) is 21.8 Å². The summed E-state index contributed by atoms with van der Waals surface area (Å²) >= 11 is 11.9. The lowest BCUT2D eigenvalue weighted by atomic mass is 10.0. The molecule has 2 rings (SSSR count). The highest BCUT2D eigenvalue weighted by Crippen LogP contribution is 2.34. The lowest BCUT2D eigenvalue weighted by Crippen LogP contribution is -1.95. The first-order chi connectivity index (χ1) is 8.15. The molecule has 0 spiro atoms. The van der Waals surface area contributed by atoms with E-state index in [0.717, 1.165) is 6.20 Å². The van der Waals surface area contributed by atoms with Crippen LogP contribution in [0.15, 0.2) is 30.6 Å². The predicted octanol–water partition coefficient (Wildman–Crippen LogP) is 4.01. The van der Waals surface area contributed by atoms with Gasteiger partial charge >= 0.3 is 0 Å². The van der Waals surface area contributed by atoms with Crippen LogP contribution < -0.4 is 0 Å². The van der Waals surface area contributed by atoms with E-state index in [-0.39, 0.29) is 10.6 Å². The highest BCUT2D eigenvalue weighted by molar-refractivity contribution is 6.43. The van der Waals surface area contributed by atoms with Gasteiger partial charge in [-0.2, -0.15) is 0 Å². The highest BCUT2D eigenvalue weighted by atomic mass is 35.5. The lowest BCUT2D eigenvalue weighted by Gasteiger charge is -2.08. The van der Waals surface area contributed by atoms with Gasteiger partial charge in [0.25, 0.3) is 0 Å². The fourth-order valence-corrected chi connectivity index (χ4v) is 1.89. The molecule has 1 aromatic heterocycles. The minimum atomic E-state index is -0.687. The molecule has 0 saturated carbocycles. The molecule has 1 heterocycles. The molecule has 0 N–H and O–H groups in total. The smallest absolute Gasteiger partial charge is 0.153 e. The van der Waals surface area contributed by atoms with Crippen LogP contribution in [0.1, 0.15) is 10.4 Å². The third-order valence-corrected chi connectivity index (χ3v) is 3.12. The van der Waals surface area contributed by atoms with E-state index in [0.29, 0.717) is 22.4 Å². The molecule has 2 aromatic rings. The van der Waals surface area contributed by atoms with E-state index >= 15 is 0 Å². The monoisotopic (exact) mass is 269 g/mol. The van der Waals surface area contributed by atoms with Gasteiger partial charge in [-0.05, 0) is 6.07 Å².